The summed E-state index contributed by atoms with van der Waals surface area (Å²) in [4.78, 5) is 0. The van der Waals surface area contributed by atoms with Crippen LogP contribution in [-0.2, 0) is 0 Å². The predicted octanol–water partition coefficient (Wildman–Crippen LogP) is 4.39. The number of ether oxygens (including phenoxy) is 2. The molecule has 1 unspecified atom stereocenters. The van der Waals surface area contributed by atoms with Gasteiger partial charge in [0.2, 0.25) is 0 Å². The van der Waals surface area contributed by atoms with Crippen LogP contribution in [0.15, 0.2) is 46.9 Å². The minimum absolute atomic E-state index is 0.239. The Labute approximate surface area is 127 Å². The Morgan fingerprint density at radius 3 is 2.95 bits per heavy atom. The zero-order valence-electron chi connectivity index (χ0n) is 11.2. The van der Waals surface area contributed by atoms with Crippen molar-refractivity contribution < 1.29 is 9.47 Å². The molecule has 1 aliphatic rings. The summed E-state index contributed by atoms with van der Waals surface area (Å²) in [6.07, 6.45) is 0.937. The molecule has 0 spiro atoms. The van der Waals surface area contributed by atoms with Crippen molar-refractivity contribution in [2.45, 2.75) is 12.5 Å². The molecule has 104 valence electrons. The summed E-state index contributed by atoms with van der Waals surface area (Å²) in [6, 6.07) is 14.4. The van der Waals surface area contributed by atoms with Crippen LogP contribution in [-0.4, -0.2) is 13.7 Å². The van der Waals surface area contributed by atoms with Gasteiger partial charge in [-0.2, -0.15) is 0 Å². The third kappa shape index (κ3) is 2.75. The average molecular weight is 334 g/mol. The van der Waals surface area contributed by atoms with Crippen molar-refractivity contribution in [1.82, 2.24) is 0 Å². The molecule has 3 rings (SSSR count). The minimum Gasteiger partial charge on any atom is -0.497 e. The summed E-state index contributed by atoms with van der Waals surface area (Å²) < 4.78 is 12.1. The third-order valence-electron chi connectivity index (χ3n) is 3.42. The maximum atomic E-state index is 5.71. The molecule has 0 aliphatic carbocycles. The molecule has 2 aromatic rings. The highest BCUT2D eigenvalue weighted by Crippen LogP contribution is 2.36. The van der Waals surface area contributed by atoms with E-state index in [0.29, 0.717) is 0 Å². The number of anilines is 1. The standard InChI is InChI=1S/C16H16BrNO2/c1-19-13-5-6-16-14(10-13)15(7-8-20-16)18-12-4-2-3-11(17)9-12/h2-6,9-10,15,18H,7-8H2,1H3. The molecule has 1 N–H and O–H groups in total. The van der Waals surface area contributed by atoms with Gasteiger partial charge < -0.3 is 14.8 Å². The molecule has 2 aromatic carbocycles. The van der Waals surface area contributed by atoms with Crippen LogP contribution in [0, 0.1) is 0 Å². The summed E-state index contributed by atoms with van der Waals surface area (Å²) in [5.41, 5.74) is 2.25. The molecule has 1 heterocycles. The molecule has 1 aliphatic heterocycles. The summed E-state index contributed by atoms with van der Waals surface area (Å²) in [6.45, 7) is 0.727. The highest BCUT2D eigenvalue weighted by molar-refractivity contribution is 9.10. The van der Waals surface area contributed by atoms with E-state index in [-0.39, 0.29) is 6.04 Å². The Kier molecular flexibility index (Phi) is 3.83. The summed E-state index contributed by atoms with van der Waals surface area (Å²) in [7, 11) is 1.68. The Hall–Kier alpha value is -1.68. The van der Waals surface area contributed by atoms with Gasteiger partial charge in [0.15, 0.2) is 0 Å². The van der Waals surface area contributed by atoms with Crippen molar-refractivity contribution >= 4 is 21.6 Å². The van der Waals surface area contributed by atoms with E-state index in [4.69, 9.17) is 9.47 Å². The first kappa shape index (κ1) is 13.3. The highest BCUT2D eigenvalue weighted by Gasteiger charge is 2.22. The fourth-order valence-electron chi connectivity index (χ4n) is 2.43. The number of hydrogen-bond donors (Lipinski definition) is 1. The van der Waals surface area contributed by atoms with E-state index in [1.807, 2.05) is 30.3 Å². The van der Waals surface area contributed by atoms with E-state index >= 15 is 0 Å². The van der Waals surface area contributed by atoms with Gasteiger partial charge in [0.05, 0.1) is 19.8 Å². The van der Waals surface area contributed by atoms with E-state index in [1.165, 1.54) is 0 Å². The number of benzene rings is 2. The van der Waals surface area contributed by atoms with Gasteiger partial charge in [0.25, 0.3) is 0 Å². The second-order valence-electron chi connectivity index (χ2n) is 4.75. The van der Waals surface area contributed by atoms with E-state index in [2.05, 4.69) is 33.4 Å². The van der Waals surface area contributed by atoms with Gasteiger partial charge in [-0.15, -0.1) is 0 Å². The zero-order chi connectivity index (χ0) is 13.9. The number of nitrogens with one attached hydrogen (secondary N) is 1. The van der Waals surface area contributed by atoms with Crippen LogP contribution in [0.5, 0.6) is 11.5 Å². The van der Waals surface area contributed by atoms with Crippen LogP contribution >= 0.6 is 15.9 Å². The van der Waals surface area contributed by atoms with Crippen molar-refractivity contribution in [1.29, 1.82) is 0 Å². The van der Waals surface area contributed by atoms with Crippen LogP contribution in [0.25, 0.3) is 0 Å². The van der Waals surface area contributed by atoms with Crippen LogP contribution in [0.1, 0.15) is 18.0 Å². The van der Waals surface area contributed by atoms with E-state index < -0.39 is 0 Å². The Morgan fingerprint density at radius 1 is 1.25 bits per heavy atom. The Bertz CT molecular complexity index is 615. The van der Waals surface area contributed by atoms with E-state index in [9.17, 15) is 0 Å². The Morgan fingerprint density at radius 2 is 2.15 bits per heavy atom. The molecular formula is C16H16BrNO2. The lowest BCUT2D eigenvalue weighted by Crippen LogP contribution is -2.20. The number of fused-ring (bicyclic) bond motifs is 1. The Balaban J connectivity index is 1.89. The second-order valence-corrected chi connectivity index (χ2v) is 5.66. The monoisotopic (exact) mass is 333 g/mol. The van der Waals surface area contributed by atoms with Gasteiger partial charge in [0.1, 0.15) is 11.5 Å². The number of hydrogen-bond acceptors (Lipinski definition) is 3. The molecule has 0 saturated carbocycles. The van der Waals surface area contributed by atoms with Crippen molar-refractivity contribution in [3.63, 3.8) is 0 Å². The summed E-state index contributed by atoms with van der Waals surface area (Å²) >= 11 is 3.50. The van der Waals surface area contributed by atoms with Crippen LogP contribution in [0.3, 0.4) is 0 Å². The smallest absolute Gasteiger partial charge is 0.124 e. The first-order valence-corrected chi connectivity index (χ1v) is 7.38. The van der Waals surface area contributed by atoms with Gasteiger partial charge in [-0.25, -0.2) is 0 Å². The minimum atomic E-state index is 0.239. The predicted molar refractivity (Wildman–Crippen MR) is 83.6 cm³/mol. The molecule has 0 amide bonds. The molecule has 0 aromatic heterocycles. The number of methoxy groups -OCH3 is 1. The molecule has 0 saturated heterocycles. The summed E-state index contributed by atoms with van der Waals surface area (Å²) in [5, 5.41) is 3.56. The van der Waals surface area contributed by atoms with Crippen molar-refractivity contribution in [2.75, 3.05) is 19.0 Å². The fraction of sp³-hybridized carbons (Fsp3) is 0.250. The van der Waals surface area contributed by atoms with E-state index in [1.54, 1.807) is 7.11 Å². The van der Waals surface area contributed by atoms with Crippen LogP contribution in [0.2, 0.25) is 0 Å². The highest BCUT2D eigenvalue weighted by atomic mass is 79.9. The molecule has 0 fully saturated rings. The van der Waals surface area contributed by atoms with Crippen LogP contribution in [0.4, 0.5) is 5.69 Å². The van der Waals surface area contributed by atoms with Crippen molar-refractivity contribution in [3.8, 4) is 11.5 Å². The van der Waals surface area contributed by atoms with Gasteiger partial charge in [-0.3, -0.25) is 0 Å². The molecule has 4 heteroatoms. The first-order chi connectivity index (χ1) is 9.76. The fourth-order valence-corrected chi connectivity index (χ4v) is 2.83. The van der Waals surface area contributed by atoms with Gasteiger partial charge >= 0.3 is 0 Å². The summed E-state index contributed by atoms with van der Waals surface area (Å²) in [5.74, 6) is 1.79. The molecule has 1 atom stereocenters. The lowest BCUT2D eigenvalue weighted by Gasteiger charge is -2.28. The lowest BCUT2D eigenvalue weighted by atomic mass is 10.00. The normalized spacial score (nSPS) is 17.0. The number of rotatable bonds is 3. The largest absolute Gasteiger partial charge is 0.497 e. The average Bonchev–Trinajstić information content (AvgIpc) is 2.47. The molecule has 20 heavy (non-hydrogen) atoms. The van der Waals surface area contributed by atoms with Crippen LogP contribution < -0.4 is 14.8 Å². The molecule has 0 bridgehead atoms. The maximum Gasteiger partial charge on any atom is 0.124 e. The molecular weight excluding hydrogens is 318 g/mol. The lowest BCUT2D eigenvalue weighted by molar-refractivity contribution is 0.273. The zero-order valence-corrected chi connectivity index (χ0v) is 12.8. The molecule has 3 nitrogen and oxygen atoms in total. The second kappa shape index (κ2) is 5.75. The topological polar surface area (TPSA) is 30.5 Å². The maximum absolute atomic E-state index is 5.71. The van der Waals surface area contributed by atoms with Crippen molar-refractivity contribution in [2.24, 2.45) is 0 Å². The molecule has 0 radical (unpaired) electrons. The van der Waals surface area contributed by atoms with Gasteiger partial charge in [0, 0.05) is 22.1 Å². The van der Waals surface area contributed by atoms with E-state index in [0.717, 1.165) is 40.3 Å². The quantitative estimate of drug-likeness (QED) is 0.903. The van der Waals surface area contributed by atoms with Crippen molar-refractivity contribution in [3.05, 3.63) is 52.5 Å². The SMILES string of the molecule is COc1ccc2c(c1)C(Nc1cccc(Br)c1)CCO2. The van der Waals surface area contributed by atoms with Gasteiger partial charge in [-0.05, 0) is 36.4 Å². The van der Waals surface area contributed by atoms with Gasteiger partial charge in [-0.1, -0.05) is 22.0 Å². The first-order valence-electron chi connectivity index (χ1n) is 6.59. The number of halogens is 1. The third-order valence-corrected chi connectivity index (χ3v) is 3.92.